The van der Waals surface area contributed by atoms with Crippen molar-refractivity contribution in [1.29, 1.82) is 0 Å². The minimum atomic E-state index is -1.99. The summed E-state index contributed by atoms with van der Waals surface area (Å²) >= 11 is 0. The van der Waals surface area contributed by atoms with Crippen LogP contribution in [0.1, 0.15) is 75.8 Å². The van der Waals surface area contributed by atoms with Crippen LogP contribution in [0.4, 0.5) is 5.69 Å². The molecule has 2 aliphatic carbocycles. The summed E-state index contributed by atoms with van der Waals surface area (Å²) in [6.45, 7) is 4.11. The second-order valence-corrected chi connectivity index (χ2v) is 12.1. The maximum Gasteiger partial charge on any atom is 0.200 e. The van der Waals surface area contributed by atoms with Crippen LogP contribution in [-0.4, -0.2) is 100 Å². The number of hydrogen-bond acceptors (Lipinski definition) is 13. The second kappa shape index (κ2) is 10.3. The third-order valence-electron chi connectivity index (χ3n) is 9.69. The molecule has 8 atom stereocenters. The van der Waals surface area contributed by atoms with Gasteiger partial charge in [-0.25, -0.2) is 0 Å². The highest BCUT2D eigenvalue weighted by Crippen LogP contribution is 2.52. The molecule has 7 rings (SSSR count). The van der Waals surface area contributed by atoms with Gasteiger partial charge in [-0.3, -0.25) is 19.3 Å². The van der Waals surface area contributed by atoms with Crippen molar-refractivity contribution in [3.8, 4) is 11.5 Å². The molecule has 5 aliphatic rings. The number of carbonyl (C=O) groups is 3. The first-order valence-corrected chi connectivity index (χ1v) is 14.6. The molecule has 0 bridgehead atoms. The molecular weight excluding hydrogens is 576 g/mol. The predicted octanol–water partition coefficient (Wildman–Crippen LogP) is 1.31. The Morgan fingerprint density at radius 1 is 1.11 bits per heavy atom. The molecule has 0 radical (unpaired) electrons. The normalized spacial score (nSPS) is 34.5. The van der Waals surface area contributed by atoms with Crippen molar-refractivity contribution < 1.29 is 53.4 Å². The van der Waals surface area contributed by atoms with Gasteiger partial charge in [-0.2, -0.15) is 0 Å². The van der Waals surface area contributed by atoms with Gasteiger partial charge in [0.1, 0.15) is 23.2 Å². The van der Waals surface area contributed by atoms with Crippen LogP contribution in [0.15, 0.2) is 18.2 Å². The van der Waals surface area contributed by atoms with E-state index in [2.05, 4.69) is 4.90 Å². The maximum absolute atomic E-state index is 13.7. The van der Waals surface area contributed by atoms with Crippen molar-refractivity contribution in [2.75, 3.05) is 26.0 Å². The number of phenols is 2. The van der Waals surface area contributed by atoms with Crippen LogP contribution < -0.4 is 5.73 Å². The van der Waals surface area contributed by atoms with Gasteiger partial charge >= 0.3 is 0 Å². The zero-order valence-electron chi connectivity index (χ0n) is 24.4. The maximum atomic E-state index is 13.7. The highest BCUT2D eigenvalue weighted by Gasteiger charge is 2.55. The van der Waals surface area contributed by atoms with E-state index in [4.69, 9.17) is 29.4 Å². The minimum absolute atomic E-state index is 0.0102. The van der Waals surface area contributed by atoms with Crippen LogP contribution in [0.3, 0.4) is 0 Å². The van der Waals surface area contributed by atoms with E-state index in [1.54, 1.807) is 7.11 Å². The fourth-order valence-corrected chi connectivity index (χ4v) is 7.49. The van der Waals surface area contributed by atoms with E-state index in [0.717, 1.165) is 0 Å². The number of nitrogen functional groups attached to an aromatic ring is 1. The molecule has 3 fully saturated rings. The number of fused-ring (bicyclic) bond motifs is 6. The number of aliphatic hydroxyl groups is 1. The third kappa shape index (κ3) is 4.15. The summed E-state index contributed by atoms with van der Waals surface area (Å²) in [5, 5.41) is 34.6. The molecule has 3 heterocycles. The predicted molar refractivity (Wildman–Crippen MR) is 150 cm³/mol. The second-order valence-electron chi connectivity index (χ2n) is 12.1. The Hall–Kier alpha value is -3.43. The Labute approximate surface area is 252 Å². The smallest absolute Gasteiger partial charge is 0.200 e. The number of Topliss-reactive ketones (excluding diaryl/α,β-unsaturated/α-hetero) is 1. The number of benzene rings is 2. The summed E-state index contributed by atoms with van der Waals surface area (Å²) < 4.78 is 30.0. The summed E-state index contributed by atoms with van der Waals surface area (Å²) in [5.74, 6) is -3.20. The number of hydrogen-bond donors (Lipinski definition) is 4. The summed E-state index contributed by atoms with van der Waals surface area (Å²) in [4.78, 5) is 42.1. The lowest BCUT2D eigenvalue weighted by Gasteiger charge is -2.43. The fraction of sp³-hybridized carbons (Fsp3) is 0.516. The van der Waals surface area contributed by atoms with Crippen molar-refractivity contribution in [1.82, 2.24) is 4.90 Å². The van der Waals surface area contributed by atoms with Gasteiger partial charge in [0.05, 0.1) is 35.5 Å². The van der Waals surface area contributed by atoms with Crippen LogP contribution >= 0.6 is 0 Å². The number of rotatable bonds is 4. The molecule has 0 saturated carbocycles. The zero-order chi connectivity index (χ0) is 31.2. The van der Waals surface area contributed by atoms with Gasteiger partial charge in [0, 0.05) is 61.3 Å². The monoisotopic (exact) mass is 610 g/mol. The molecule has 5 N–H and O–H groups in total. The Balaban J connectivity index is 1.29. The van der Waals surface area contributed by atoms with Crippen molar-refractivity contribution >= 4 is 23.0 Å². The summed E-state index contributed by atoms with van der Waals surface area (Å²) in [6, 6.07) is 4.27. The van der Waals surface area contributed by atoms with Gasteiger partial charge in [-0.1, -0.05) is 12.1 Å². The average Bonchev–Trinajstić information content (AvgIpc) is 3.37. The van der Waals surface area contributed by atoms with Gasteiger partial charge in [-0.15, -0.1) is 0 Å². The molecule has 13 nitrogen and oxygen atoms in total. The third-order valence-corrected chi connectivity index (χ3v) is 9.69. The van der Waals surface area contributed by atoms with Crippen molar-refractivity contribution in [3.63, 3.8) is 0 Å². The quantitative estimate of drug-likeness (QED) is 0.245. The molecule has 0 amide bonds. The first-order valence-electron chi connectivity index (χ1n) is 14.6. The summed E-state index contributed by atoms with van der Waals surface area (Å²) in [7, 11) is 1.55. The van der Waals surface area contributed by atoms with Gasteiger partial charge in [0.2, 0.25) is 0 Å². The van der Waals surface area contributed by atoms with Crippen LogP contribution in [0.25, 0.3) is 0 Å². The molecule has 0 spiro atoms. The number of carbonyl (C=O) groups excluding carboxylic acids is 3. The number of methoxy groups -OCH3 is 1. The van der Waals surface area contributed by atoms with Crippen molar-refractivity contribution in [2.24, 2.45) is 0 Å². The average molecular weight is 611 g/mol. The number of anilines is 1. The SMILES string of the molecule is CO[C@H]1OCCN2[C@@H]1O[C@@H]1[C@H](C)OC(O[C@H]3C[C@](O)(C(C)=O)Cc4c(O)c5c(c(O)c43)C(=O)c3c(N)cccc3C5=O)C[C@@H]12. The Kier molecular flexibility index (Phi) is 6.86. The van der Waals surface area contributed by atoms with Crippen molar-refractivity contribution in [3.05, 3.63) is 51.6 Å². The van der Waals surface area contributed by atoms with Gasteiger partial charge in [-0.05, 0) is 19.9 Å². The van der Waals surface area contributed by atoms with E-state index in [1.165, 1.54) is 25.1 Å². The molecule has 3 aliphatic heterocycles. The van der Waals surface area contributed by atoms with Crippen molar-refractivity contribution in [2.45, 2.75) is 81.9 Å². The van der Waals surface area contributed by atoms with Gasteiger partial charge in [0.25, 0.3) is 0 Å². The standard InChI is InChI=1S/C31H34N2O11/c1-12-28-17(33-7-8-41-30(40-3)29(33)44-28)9-19(42-12)43-18-11-31(39,13(2)34)10-15-21(18)27(38)23-22(25(15)36)24(35)14-5-4-6-16(32)20(14)26(23)37/h4-6,12,17-19,28-30,36,38-39H,7-11,32H2,1-3H3/t12-,17-,18-,19?,28+,29+,30-,31-/m0/s1. The Morgan fingerprint density at radius 2 is 1.86 bits per heavy atom. The number of phenolic OH excluding ortho intramolecular Hbond substituents is 2. The van der Waals surface area contributed by atoms with E-state index in [9.17, 15) is 29.7 Å². The first kappa shape index (κ1) is 29.3. The van der Waals surface area contributed by atoms with Gasteiger partial charge in [0.15, 0.2) is 36.2 Å². The van der Waals surface area contributed by atoms with E-state index in [1.807, 2.05) is 6.92 Å². The van der Waals surface area contributed by atoms with Crippen LogP contribution in [0.2, 0.25) is 0 Å². The molecule has 44 heavy (non-hydrogen) atoms. The van der Waals surface area contributed by atoms with Crippen LogP contribution in [0.5, 0.6) is 11.5 Å². The molecule has 3 saturated heterocycles. The first-order chi connectivity index (χ1) is 20.9. The fourth-order valence-electron chi connectivity index (χ4n) is 7.49. The summed E-state index contributed by atoms with van der Waals surface area (Å²) in [6.07, 6.45) is -4.14. The number of ether oxygens (including phenoxy) is 5. The minimum Gasteiger partial charge on any atom is -0.507 e. The summed E-state index contributed by atoms with van der Waals surface area (Å²) in [5.41, 5.74) is 3.19. The molecular formula is C31H34N2O11. The van der Waals surface area contributed by atoms with E-state index >= 15 is 0 Å². The lowest BCUT2D eigenvalue weighted by atomic mass is 9.72. The topological polar surface area (TPSA) is 187 Å². The Morgan fingerprint density at radius 3 is 2.59 bits per heavy atom. The highest BCUT2D eigenvalue weighted by atomic mass is 16.7. The van der Waals surface area contributed by atoms with E-state index in [0.29, 0.717) is 19.6 Å². The van der Waals surface area contributed by atoms with Gasteiger partial charge < -0.3 is 44.7 Å². The van der Waals surface area contributed by atoms with Crippen LogP contribution in [0, 0.1) is 0 Å². The lowest BCUT2D eigenvalue weighted by Crippen LogP contribution is -2.55. The molecule has 2 aromatic rings. The largest absolute Gasteiger partial charge is 0.507 e. The molecule has 13 heteroatoms. The molecule has 0 aromatic heterocycles. The number of ketones is 3. The molecule has 1 unspecified atom stereocenters. The van der Waals surface area contributed by atoms with E-state index < -0.39 is 83.0 Å². The molecule has 2 aromatic carbocycles. The number of nitrogens with zero attached hydrogens (tertiary/aromatic N) is 1. The number of morpholine rings is 1. The number of nitrogens with two attached hydrogens (primary N) is 1. The highest BCUT2D eigenvalue weighted by molar-refractivity contribution is 6.32. The zero-order valence-corrected chi connectivity index (χ0v) is 24.4. The number of aromatic hydroxyl groups is 2. The molecule has 234 valence electrons. The Bertz CT molecular complexity index is 1590. The van der Waals surface area contributed by atoms with E-state index in [-0.39, 0.29) is 46.5 Å². The van der Waals surface area contributed by atoms with Crippen LogP contribution in [-0.2, 0) is 34.9 Å². The lowest BCUT2D eigenvalue weighted by molar-refractivity contribution is -0.256.